The highest BCUT2D eigenvalue weighted by Crippen LogP contribution is 2.33. The van der Waals surface area contributed by atoms with Gasteiger partial charge in [-0.15, -0.1) is 0 Å². The van der Waals surface area contributed by atoms with E-state index in [0.29, 0.717) is 52.4 Å². The van der Waals surface area contributed by atoms with E-state index in [-0.39, 0.29) is 13.2 Å². The molecule has 0 aliphatic carbocycles. The Labute approximate surface area is 233 Å². The Bertz CT molecular complexity index is 1250. The largest absolute Gasteiger partial charge is 0.490 e. The van der Waals surface area contributed by atoms with Crippen molar-refractivity contribution in [2.45, 2.75) is 40.2 Å². The van der Waals surface area contributed by atoms with Gasteiger partial charge in [0.05, 0.1) is 37.7 Å². The maximum absolute atomic E-state index is 12.7. The Morgan fingerprint density at radius 3 is 2.56 bits per heavy atom. The van der Waals surface area contributed by atoms with Crippen LogP contribution in [0.15, 0.2) is 58.8 Å². The van der Waals surface area contributed by atoms with Gasteiger partial charge < -0.3 is 29.6 Å². The topological polar surface area (TPSA) is 120 Å². The van der Waals surface area contributed by atoms with Gasteiger partial charge in [-0.1, -0.05) is 25.1 Å². The summed E-state index contributed by atoms with van der Waals surface area (Å²) in [6.07, 6.45) is 2.40. The van der Waals surface area contributed by atoms with Gasteiger partial charge in [-0.25, -0.2) is 10.2 Å². The van der Waals surface area contributed by atoms with E-state index in [9.17, 15) is 9.59 Å². The summed E-state index contributed by atoms with van der Waals surface area (Å²) in [5.41, 5.74) is 4.79. The lowest BCUT2D eigenvalue weighted by molar-refractivity contribution is -0.139. The fourth-order valence-electron chi connectivity index (χ4n) is 3.82. The molecule has 0 saturated carbocycles. The standard InChI is InChI=1S/C28H34N4O6S/c1-5-14-37-22-13-12-19(15-23(22)35-6-2)16-29-32-24(33)17-38-21-11-9-8-10-20(21)26-25(27(34)36-7-3)18(4)30-28(39)31-26/h8-13,15-16,26H,5-7,14,17H2,1-4H3,(H,32,33)(H2,30,31,39)/t26-/m0/s1. The van der Waals surface area contributed by atoms with Crippen LogP contribution in [0, 0.1) is 0 Å². The predicted octanol–water partition coefficient (Wildman–Crippen LogP) is 3.76. The predicted molar refractivity (Wildman–Crippen MR) is 152 cm³/mol. The summed E-state index contributed by atoms with van der Waals surface area (Å²) < 4.78 is 22.4. The molecule has 0 saturated heterocycles. The minimum Gasteiger partial charge on any atom is -0.490 e. The highest BCUT2D eigenvalue weighted by Gasteiger charge is 2.32. The summed E-state index contributed by atoms with van der Waals surface area (Å²) in [5, 5.41) is 10.5. The van der Waals surface area contributed by atoms with Crippen LogP contribution < -0.4 is 30.3 Å². The molecule has 1 aliphatic rings. The molecule has 10 nitrogen and oxygen atoms in total. The number of benzene rings is 2. The number of allylic oxidation sites excluding steroid dienone is 1. The van der Waals surface area contributed by atoms with Crippen molar-refractivity contribution in [3.8, 4) is 17.2 Å². The van der Waals surface area contributed by atoms with Crippen LogP contribution in [0.25, 0.3) is 0 Å². The SMILES string of the molecule is CCCOc1ccc(C=NNC(=O)COc2ccccc2[C@@H]2NC(=S)NC(C)=C2C(=O)OCC)cc1OCC. The highest BCUT2D eigenvalue weighted by molar-refractivity contribution is 7.80. The molecular weight excluding hydrogens is 520 g/mol. The molecule has 0 aromatic heterocycles. The molecule has 1 aliphatic heterocycles. The number of hydrogen-bond acceptors (Lipinski definition) is 8. The fourth-order valence-corrected chi connectivity index (χ4v) is 4.09. The number of ether oxygens (including phenoxy) is 4. The second kappa shape index (κ2) is 14.7. The molecular formula is C28H34N4O6S. The van der Waals surface area contributed by atoms with Crippen molar-refractivity contribution in [1.82, 2.24) is 16.1 Å². The zero-order chi connectivity index (χ0) is 28.2. The second-order valence-electron chi connectivity index (χ2n) is 8.40. The van der Waals surface area contributed by atoms with Crippen LogP contribution >= 0.6 is 12.2 Å². The molecule has 39 heavy (non-hydrogen) atoms. The van der Waals surface area contributed by atoms with Gasteiger partial charge in [0.15, 0.2) is 23.2 Å². The van der Waals surface area contributed by atoms with Crippen LogP contribution in [-0.4, -0.2) is 49.6 Å². The van der Waals surface area contributed by atoms with Crippen molar-refractivity contribution in [1.29, 1.82) is 0 Å². The van der Waals surface area contributed by atoms with Gasteiger partial charge in [0.2, 0.25) is 0 Å². The molecule has 0 bridgehead atoms. The van der Waals surface area contributed by atoms with E-state index in [0.717, 1.165) is 12.0 Å². The Morgan fingerprint density at radius 1 is 1.03 bits per heavy atom. The van der Waals surface area contributed by atoms with Gasteiger partial charge in [0.25, 0.3) is 5.91 Å². The number of hydrogen-bond donors (Lipinski definition) is 3. The Hall–Kier alpha value is -4.12. The molecule has 2 aromatic rings. The molecule has 3 N–H and O–H groups in total. The van der Waals surface area contributed by atoms with E-state index in [4.69, 9.17) is 31.2 Å². The molecule has 1 heterocycles. The summed E-state index contributed by atoms with van der Waals surface area (Å²) in [6.45, 7) is 8.44. The average Bonchev–Trinajstić information content (AvgIpc) is 2.91. The monoisotopic (exact) mass is 554 g/mol. The molecule has 208 valence electrons. The van der Waals surface area contributed by atoms with Gasteiger partial charge in [-0.3, -0.25) is 4.79 Å². The van der Waals surface area contributed by atoms with Gasteiger partial charge in [0.1, 0.15) is 5.75 Å². The van der Waals surface area contributed by atoms with Crippen molar-refractivity contribution in [3.63, 3.8) is 0 Å². The quantitative estimate of drug-likeness (QED) is 0.147. The molecule has 0 fully saturated rings. The number of nitrogens with one attached hydrogen (secondary N) is 3. The first-order chi connectivity index (χ1) is 18.9. The number of nitrogens with zero attached hydrogens (tertiary/aromatic N) is 1. The first kappa shape index (κ1) is 29.4. The lowest BCUT2D eigenvalue weighted by Gasteiger charge is -2.30. The summed E-state index contributed by atoms with van der Waals surface area (Å²) in [5.74, 6) is 0.755. The second-order valence-corrected chi connectivity index (χ2v) is 8.81. The highest BCUT2D eigenvalue weighted by atomic mass is 32.1. The maximum atomic E-state index is 12.7. The van der Waals surface area contributed by atoms with Gasteiger partial charge in [-0.05, 0) is 69.2 Å². The van der Waals surface area contributed by atoms with Crippen molar-refractivity contribution in [3.05, 3.63) is 64.9 Å². The lowest BCUT2D eigenvalue weighted by atomic mass is 9.95. The summed E-state index contributed by atoms with van der Waals surface area (Å²) in [7, 11) is 0. The van der Waals surface area contributed by atoms with Crippen molar-refractivity contribution < 1.29 is 28.5 Å². The lowest BCUT2D eigenvalue weighted by Crippen LogP contribution is -2.45. The number of para-hydroxylation sites is 1. The van der Waals surface area contributed by atoms with Crippen LogP contribution in [0.4, 0.5) is 0 Å². The maximum Gasteiger partial charge on any atom is 0.338 e. The Balaban J connectivity index is 1.67. The normalized spacial score (nSPS) is 14.9. The molecule has 11 heteroatoms. The van der Waals surface area contributed by atoms with Crippen LogP contribution in [0.1, 0.15) is 51.3 Å². The number of carbonyl (C=O) groups excluding carboxylic acids is 2. The molecule has 0 radical (unpaired) electrons. The van der Waals surface area contributed by atoms with Crippen LogP contribution in [0.5, 0.6) is 17.2 Å². The smallest absolute Gasteiger partial charge is 0.338 e. The number of esters is 1. The Morgan fingerprint density at radius 2 is 1.82 bits per heavy atom. The minimum atomic E-state index is -0.612. The van der Waals surface area contributed by atoms with E-state index in [1.165, 1.54) is 6.21 Å². The summed E-state index contributed by atoms with van der Waals surface area (Å²) in [6, 6.07) is 11.9. The van der Waals surface area contributed by atoms with E-state index in [1.54, 1.807) is 38.1 Å². The summed E-state index contributed by atoms with van der Waals surface area (Å²) in [4.78, 5) is 25.2. The third kappa shape index (κ3) is 8.18. The van der Waals surface area contributed by atoms with Crippen LogP contribution in [0.3, 0.4) is 0 Å². The first-order valence-electron chi connectivity index (χ1n) is 12.8. The molecule has 3 rings (SSSR count). The number of thiocarbonyl (C=S) groups is 1. The zero-order valence-corrected chi connectivity index (χ0v) is 23.4. The number of amides is 1. The van der Waals surface area contributed by atoms with E-state index in [2.05, 4.69) is 21.2 Å². The average molecular weight is 555 g/mol. The van der Waals surface area contributed by atoms with Crippen LogP contribution in [-0.2, 0) is 14.3 Å². The first-order valence-corrected chi connectivity index (χ1v) is 13.2. The van der Waals surface area contributed by atoms with Crippen LogP contribution in [0.2, 0.25) is 0 Å². The van der Waals surface area contributed by atoms with Gasteiger partial charge in [-0.2, -0.15) is 5.10 Å². The molecule has 2 aromatic carbocycles. The number of carbonyl (C=O) groups is 2. The van der Waals surface area contributed by atoms with Crippen molar-refractivity contribution >= 4 is 35.4 Å². The Kier molecular flexibility index (Phi) is 11.1. The summed E-state index contributed by atoms with van der Waals surface area (Å²) >= 11 is 5.31. The number of hydrazone groups is 1. The zero-order valence-electron chi connectivity index (χ0n) is 22.5. The van der Waals surface area contributed by atoms with Gasteiger partial charge in [0, 0.05) is 11.3 Å². The van der Waals surface area contributed by atoms with E-state index >= 15 is 0 Å². The van der Waals surface area contributed by atoms with Gasteiger partial charge >= 0.3 is 5.97 Å². The number of rotatable bonds is 13. The molecule has 0 unspecified atom stereocenters. The third-order valence-corrected chi connectivity index (χ3v) is 5.71. The minimum absolute atomic E-state index is 0.231. The molecule has 1 amide bonds. The fraction of sp³-hybridized carbons (Fsp3) is 0.357. The van der Waals surface area contributed by atoms with E-state index in [1.807, 2.05) is 32.0 Å². The third-order valence-electron chi connectivity index (χ3n) is 5.49. The van der Waals surface area contributed by atoms with Crippen molar-refractivity contribution in [2.75, 3.05) is 26.4 Å². The molecule has 0 spiro atoms. The van der Waals surface area contributed by atoms with Crippen molar-refractivity contribution in [2.24, 2.45) is 5.10 Å². The molecule has 1 atom stereocenters. The van der Waals surface area contributed by atoms with E-state index < -0.39 is 17.9 Å².